The van der Waals surface area contributed by atoms with Gasteiger partial charge in [-0.25, -0.2) is 18.6 Å². The fraction of sp³-hybridized carbons (Fsp3) is 0.391. The quantitative estimate of drug-likeness (QED) is 0.316. The SMILES string of the molecule is COc1c(F)c(F)c(C[C@@H](NC(=O)N[C@H]2CC[C@H](O)CC2)c2nc3ccccc3[nH]2)c(F)c1F. The summed E-state index contributed by atoms with van der Waals surface area (Å²) < 4.78 is 62.3. The number of carbonyl (C=O) groups is 1. The van der Waals surface area contributed by atoms with Crippen LogP contribution in [0.4, 0.5) is 22.4 Å². The summed E-state index contributed by atoms with van der Waals surface area (Å²) in [6, 6.07) is 4.96. The fourth-order valence-corrected chi connectivity index (χ4v) is 4.18. The number of hydrogen-bond acceptors (Lipinski definition) is 4. The predicted octanol–water partition coefficient (Wildman–Crippen LogP) is 4.01. The molecule has 182 valence electrons. The number of fused-ring (bicyclic) bond motifs is 1. The lowest BCUT2D eigenvalue weighted by atomic mass is 9.93. The molecule has 1 fully saturated rings. The number of ether oxygens (including phenoxy) is 1. The number of H-pyrrole nitrogens is 1. The van der Waals surface area contributed by atoms with Crippen molar-refractivity contribution in [1.82, 2.24) is 20.6 Å². The van der Waals surface area contributed by atoms with E-state index in [0.29, 0.717) is 36.7 Å². The molecule has 4 rings (SSSR count). The van der Waals surface area contributed by atoms with Crippen LogP contribution < -0.4 is 15.4 Å². The number of nitrogens with one attached hydrogen (secondary N) is 3. The van der Waals surface area contributed by atoms with Crippen LogP contribution in [-0.2, 0) is 6.42 Å². The molecule has 34 heavy (non-hydrogen) atoms. The number of amides is 2. The van der Waals surface area contributed by atoms with E-state index in [0.717, 1.165) is 7.11 Å². The third-order valence-electron chi connectivity index (χ3n) is 6.00. The number of rotatable bonds is 6. The number of imidazole rings is 1. The van der Waals surface area contributed by atoms with Crippen LogP contribution in [0.2, 0.25) is 0 Å². The summed E-state index contributed by atoms with van der Waals surface area (Å²) in [5.41, 5.74) is 0.264. The van der Waals surface area contributed by atoms with Crippen LogP contribution in [0.5, 0.6) is 5.75 Å². The predicted molar refractivity (Wildman–Crippen MR) is 115 cm³/mol. The van der Waals surface area contributed by atoms with E-state index < -0.39 is 59.2 Å². The molecule has 1 aromatic heterocycles. The van der Waals surface area contributed by atoms with Gasteiger partial charge in [0.2, 0.25) is 11.6 Å². The summed E-state index contributed by atoms with van der Waals surface area (Å²) >= 11 is 0. The Hall–Kier alpha value is -3.34. The standard InChI is InChI=1S/C23H24F4N4O3/c1-34-21-19(26)17(24)13(18(25)20(21)27)10-16(22-29-14-4-2-3-5-15(14)30-22)31-23(33)28-11-6-8-12(32)9-7-11/h2-5,11-12,16,32H,6-10H2,1H3,(H,29,30)(H2,28,31,33)/t11-,12-,16-/m1/s1. The van der Waals surface area contributed by atoms with Crippen molar-refractivity contribution >= 4 is 17.1 Å². The lowest BCUT2D eigenvalue weighted by Gasteiger charge is -2.27. The third kappa shape index (κ3) is 4.79. The maximum atomic E-state index is 14.7. The van der Waals surface area contributed by atoms with E-state index in [9.17, 15) is 27.5 Å². The molecule has 1 aliphatic carbocycles. The van der Waals surface area contributed by atoms with Crippen LogP contribution >= 0.6 is 0 Å². The summed E-state index contributed by atoms with van der Waals surface area (Å²) in [6.45, 7) is 0. The van der Waals surface area contributed by atoms with Gasteiger partial charge < -0.3 is 25.5 Å². The number of aromatic amines is 1. The minimum absolute atomic E-state index is 0.158. The van der Waals surface area contributed by atoms with E-state index in [1.807, 2.05) is 0 Å². The molecule has 2 aromatic carbocycles. The molecule has 1 heterocycles. The molecule has 4 N–H and O–H groups in total. The van der Waals surface area contributed by atoms with Gasteiger partial charge in [-0.15, -0.1) is 0 Å². The maximum absolute atomic E-state index is 14.7. The second-order valence-corrected chi connectivity index (χ2v) is 8.29. The molecule has 0 spiro atoms. The minimum atomic E-state index is -1.66. The zero-order valence-electron chi connectivity index (χ0n) is 18.3. The number of aromatic nitrogens is 2. The van der Waals surface area contributed by atoms with Gasteiger partial charge in [0.25, 0.3) is 0 Å². The zero-order valence-corrected chi connectivity index (χ0v) is 18.3. The van der Waals surface area contributed by atoms with Crippen molar-refractivity contribution in [3.05, 3.63) is 58.9 Å². The molecule has 0 bridgehead atoms. The number of hydrogen-bond donors (Lipinski definition) is 4. The molecule has 0 aliphatic heterocycles. The largest absolute Gasteiger partial charge is 0.491 e. The van der Waals surface area contributed by atoms with Gasteiger partial charge >= 0.3 is 6.03 Å². The van der Waals surface area contributed by atoms with E-state index >= 15 is 0 Å². The zero-order chi connectivity index (χ0) is 24.4. The molecule has 11 heteroatoms. The first-order chi connectivity index (χ1) is 16.3. The lowest BCUT2D eigenvalue weighted by Crippen LogP contribution is -2.45. The molecule has 7 nitrogen and oxygen atoms in total. The number of urea groups is 1. The summed E-state index contributed by atoms with van der Waals surface area (Å²) in [5, 5.41) is 15.0. The van der Waals surface area contributed by atoms with Crippen molar-refractivity contribution in [2.45, 2.75) is 50.3 Å². The Kier molecular flexibility index (Phi) is 6.92. The first-order valence-corrected chi connectivity index (χ1v) is 10.9. The van der Waals surface area contributed by atoms with E-state index in [4.69, 9.17) is 0 Å². The number of nitrogens with zero attached hydrogens (tertiary/aromatic N) is 1. The van der Waals surface area contributed by atoms with Crippen LogP contribution in [0.25, 0.3) is 11.0 Å². The van der Waals surface area contributed by atoms with Gasteiger partial charge in [0.15, 0.2) is 17.4 Å². The van der Waals surface area contributed by atoms with Gasteiger partial charge in [0.05, 0.1) is 30.3 Å². The van der Waals surface area contributed by atoms with Crippen LogP contribution in [0.3, 0.4) is 0 Å². The molecule has 0 saturated heterocycles. The highest BCUT2D eigenvalue weighted by Gasteiger charge is 2.30. The summed E-state index contributed by atoms with van der Waals surface area (Å²) in [5.74, 6) is -7.55. The minimum Gasteiger partial charge on any atom is -0.491 e. The average molecular weight is 480 g/mol. The van der Waals surface area contributed by atoms with E-state index in [2.05, 4.69) is 25.3 Å². The molecule has 3 aromatic rings. The van der Waals surface area contributed by atoms with Crippen LogP contribution in [0, 0.1) is 23.3 Å². The highest BCUT2D eigenvalue weighted by Crippen LogP contribution is 2.32. The second-order valence-electron chi connectivity index (χ2n) is 8.29. The molecule has 2 amide bonds. The molecule has 1 aliphatic rings. The van der Waals surface area contributed by atoms with Crippen LogP contribution in [0.1, 0.15) is 43.1 Å². The number of methoxy groups -OCH3 is 1. The molecule has 1 saturated carbocycles. The Balaban J connectivity index is 1.64. The number of benzene rings is 2. The highest BCUT2D eigenvalue weighted by molar-refractivity contribution is 5.76. The summed E-state index contributed by atoms with van der Waals surface area (Å²) in [7, 11) is 0.896. The van der Waals surface area contributed by atoms with Gasteiger partial charge in [-0.2, -0.15) is 8.78 Å². The average Bonchev–Trinajstić information content (AvgIpc) is 3.26. The van der Waals surface area contributed by atoms with Gasteiger partial charge in [-0.3, -0.25) is 0 Å². The smallest absolute Gasteiger partial charge is 0.315 e. The van der Waals surface area contributed by atoms with Crippen molar-refractivity contribution in [3.63, 3.8) is 0 Å². The first kappa shape index (κ1) is 23.8. The topological polar surface area (TPSA) is 99.3 Å². The molecule has 0 radical (unpaired) electrons. The van der Waals surface area contributed by atoms with Gasteiger partial charge in [-0.05, 0) is 37.8 Å². The van der Waals surface area contributed by atoms with Crippen molar-refractivity contribution in [2.24, 2.45) is 0 Å². The first-order valence-electron chi connectivity index (χ1n) is 10.9. The van der Waals surface area contributed by atoms with Crippen LogP contribution in [-0.4, -0.2) is 40.4 Å². The Bertz CT molecular complexity index is 1130. The molecule has 0 unspecified atom stereocenters. The third-order valence-corrected chi connectivity index (χ3v) is 6.00. The Morgan fingerprint density at radius 1 is 1.12 bits per heavy atom. The second kappa shape index (κ2) is 9.88. The summed E-state index contributed by atoms with van der Waals surface area (Å²) in [6.07, 6.45) is 1.20. The summed E-state index contributed by atoms with van der Waals surface area (Å²) in [4.78, 5) is 20.1. The molecular weight excluding hydrogens is 456 g/mol. The normalized spacial score (nSPS) is 19.1. The van der Waals surface area contributed by atoms with Gasteiger partial charge in [-0.1, -0.05) is 12.1 Å². The highest BCUT2D eigenvalue weighted by atomic mass is 19.2. The monoisotopic (exact) mass is 480 g/mol. The Morgan fingerprint density at radius 2 is 1.76 bits per heavy atom. The van der Waals surface area contributed by atoms with Gasteiger partial charge in [0, 0.05) is 18.0 Å². The Labute approximate surface area is 192 Å². The van der Waals surface area contributed by atoms with E-state index in [-0.39, 0.29) is 11.9 Å². The number of aliphatic hydroxyl groups excluding tert-OH is 1. The van der Waals surface area contributed by atoms with Crippen molar-refractivity contribution < 1.29 is 32.2 Å². The number of halogens is 4. The number of aliphatic hydroxyl groups is 1. The fourth-order valence-electron chi connectivity index (χ4n) is 4.18. The maximum Gasteiger partial charge on any atom is 0.315 e. The van der Waals surface area contributed by atoms with E-state index in [1.165, 1.54) is 0 Å². The van der Waals surface area contributed by atoms with Crippen molar-refractivity contribution in [2.75, 3.05) is 7.11 Å². The molecular formula is C23H24F4N4O3. The number of carbonyl (C=O) groups excluding carboxylic acids is 1. The lowest BCUT2D eigenvalue weighted by molar-refractivity contribution is 0.117. The van der Waals surface area contributed by atoms with Crippen LogP contribution in [0.15, 0.2) is 24.3 Å². The van der Waals surface area contributed by atoms with Crippen molar-refractivity contribution in [3.8, 4) is 5.75 Å². The van der Waals surface area contributed by atoms with Crippen molar-refractivity contribution in [1.29, 1.82) is 0 Å². The van der Waals surface area contributed by atoms with Gasteiger partial charge in [0.1, 0.15) is 5.82 Å². The molecule has 1 atom stereocenters. The number of para-hydroxylation sites is 2. The Morgan fingerprint density at radius 3 is 2.38 bits per heavy atom. The van der Waals surface area contributed by atoms with E-state index in [1.54, 1.807) is 24.3 Å².